The van der Waals surface area contributed by atoms with E-state index in [-0.39, 0.29) is 11.9 Å². The van der Waals surface area contributed by atoms with Crippen LogP contribution in [0.2, 0.25) is 0 Å². The van der Waals surface area contributed by atoms with Gasteiger partial charge < -0.3 is 10.1 Å². The van der Waals surface area contributed by atoms with Crippen molar-refractivity contribution in [1.29, 1.82) is 0 Å². The maximum absolute atomic E-state index is 12.7. The second kappa shape index (κ2) is 11.4. The van der Waals surface area contributed by atoms with Crippen molar-refractivity contribution >= 4 is 5.91 Å². The Morgan fingerprint density at radius 2 is 1.72 bits per heavy atom. The predicted molar refractivity (Wildman–Crippen MR) is 129 cm³/mol. The lowest BCUT2D eigenvalue weighted by Crippen LogP contribution is -2.30. The topological polar surface area (TPSA) is 54.5 Å². The van der Waals surface area contributed by atoms with Gasteiger partial charge in [-0.3, -0.25) is 14.7 Å². The van der Waals surface area contributed by atoms with Crippen molar-refractivity contribution in [2.24, 2.45) is 0 Å². The van der Waals surface area contributed by atoms with E-state index in [0.717, 1.165) is 30.0 Å². The van der Waals surface area contributed by atoms with Gasteiger partial charge in [0.25, 0.3) is 5.91 Å². The summed E-state index contributed by atoms with van der Waals surface area (Å²) < 4.78 is 5.81. The van der Waals surface area contributed by atoms with Crippen LogP contribution in [0.3, 0.4) is 0 Å². The van der Waals surface area contributed by atoms with Gasteiger partial charge in [-0.25, -0.2) is 0 Å². The molecule has 32 heavy (non-hydrogen) atoms. The molecule has 5 heteroatoms. The number of carbonyl (C=O) groups is 1. The van der Waals surface area contributed by atoms with Gasteiger partial charge in [0.05, 0.1) is 6.04 Å². The fourth-order valence-electron chi connectivity index (χ4n) is 3.52. The molecule has 0 aliphatic rings. The molecule has 0 fully saturated rings. The number of ether oxygens (including phenoxy) is 1. The molecule has 0 aliphatic carbocycles. The van der Waals surface area contributed by atoms with Crippen LogP contribution in [0.4, 0.5) is 0 Å². The highest BCUT2D eigenvalue weighted by Crippen LogP contribution is 2.19. The molecule has 3 rings (SSSR count). The third kappa shape index (κ3) is 6.66. The van der Waals surface area contributed by atoms with Crippen molar-refractivity contribution in [2.45, 2.75) is 52.9 Å². The largest absolute Gasteiger partial charge is 0.489 e. The SMILES string of the molecule is CCN(Cc1ccc(C(=O)NC(C)c2ccc(OCc3cccnc3)cc2)cc1)C(C)C. The molecule has 3 aromatic rings. The maximum atomic E-state index is 12.7. The standard InChI is InChI=1S/C27H33N3O2/c1-5-30(20(2)3)18-22-8-10-25(11-9-22)27(31)29-21(4)24-12-14-26(15-13-24)32-19-23-7-6-16-28-17-23/h6-17,20-21H,5,18-19H2,1-4H3,(H,29,31). The van der Waals surface area contributed by atoms with Crippen molar-refractivity contribution in [1.82, 2.24) is 15.2 Å². The second-order valence-electron chi connectivity index (χ2n) is 8.27. The van der Waals surface area contributed by atoms with Gasteiger partial charge in [-0.2, -0.15) is 0 Å². The molecule has 1 amide bonds. The van der Waals surface area contributed by atoms with E-state index in [0.29, 0.717) is 18.2 Å². The van der Waals surface area contributed by atoms with Crippen LogP contribution in [-0.4, -0.2) is 28.4 Å². The Kier molecular flexibility index (Phi) is 8.40. The molecule has 168 valence electrons. The van der Waals surface area contributed by atoms with Crippen molar-refractivity contribution in [3.8, 4) is 5.75 Å². The zero-order valence-corrected chi connectivity index (χ0v) is 19.4. The van der Waals surface area contributed by atoms with Gasteiger partial charge in [-0.15, -0.1) is 0 Å². The fraction of sp³-hybridized carbons (Fsp3) is 0.333. The van der Waals surface area contributed by atoms with Crippen LogP contribution >= 0.6 is 0 Å². The molecule has 0 saturated heterocycles. The minimum Gasteiger partial charge on any atom is -0.489 e. The van der Waals surface area contributed by atoms with E-state index in [1.807, 2.05) is 67.6 Å². The highest BCUT2D eigenvalue weighted by atomic mass is 16.5. The zero-order chi connectivity index (χ0) is 22.9. The van der Waals surface area contributed by atoms with Crippen LogP contribution in [0, 0.1) is 0 Å². The Labute approximate surface area is 191 Å². The van der Waals surface area contributed by atoms with E-state index in [9.17, 15) is 4.79 Å². The van der Waals surface area contributed by atoms with Crippen LogP contribution in [-0.2, 0) is 13.2 Å². The average Bonchev–Trinajstić information content (AvgIpc) is 2.82. The summed E-state index contributed by atoms with van der Waals surface area (Å²) in [5, 5.41) is 3.08. The zero-order valence-electron chi connectivity index (χ0n) is 19.4. The number of nitrogens with one attached hydrogen (secondary N) is 1. The molecule has 0 bridgehead atoms. The molecule has 0 radical (unpaired) electrons. The van der Waals surface area contributed by atoms with Gasteiger partial charge in [-0.05, 0) is 68.8 Å². The first-order valence-electron chi connectivity index (χ1n) is 11.2. The lowest BCUT2D eigenvalue weighted by molar-refractivity contribution is 0.0940. The highest BCUT2D eigenvalue weighted by Gasteiger charge is 2.13. The number of aromatic nitrogens is 1. The summed E-state index contributed by atoms with van der Waals surface area (Å²) in [4.78, 5) is 19.2. The Morgan fingerprint density at radius 3 is 2.31 bits per heavy atom. The minimum atomic E-state index is -0.105. The summed E-state index contributed by atoms with van der Waals surface area (Å²) in [5.74, 6) is 0.714. The van der Waals surface area contributed by atoms with Gasteiger partial charge in [0, 0.05) is 36.1 Å². The number of amides is 1. The van der Waals surface area contributed by atoms with E-state index in [1.165, 1.54) is 5.56 Å². The molecule has 0 aliphatic heterocycles. The van der Waals surface area contributed by atoms with Crippen LogP contribution in [0.1, 0.15) is 60.8 Å². The normalized spacial score (nSPS) is 12.1. The summed E-state index contributed by atoms with van der Waals surface area (Å²) in [5.41, 5.74) is 3.94. The number of hydrogen-bond acceptors (Lipinski definition) is 4. The van der Waals surface area contributed by atoms with Gasteiger partial charge in [0.1, 0.15) is 12.4 Å². The number of benzene rings is 2. The van der Waals surface area contributed by atoms with Crippen LogP contribution < -0.4 is 10.1 Å². The van der Waals surface area contributed by atoms with Crippen molar-refractivity contribution < 1.29 is 9.53 Å². The van der Waals surface area contributed by atoms with E-state index in [1.54, 1.807) is 12.4 Å². The van der Waals surface area contributed by atoms with Crippen molar-refractivity contribution in [3.63, 3.8) is 0 Å². The number of pyridine rings is 1. The van der Waals surface area contributed by atoms with Gasteiger partial charge in [0.15, 0.2) is 0 Å². The molecule has 2 aromatic carbocycles. The Hall–Kier alpha value is -3.18. The number of nitrogens with zero attached hydrogens (tertiary/aromatic N) is 2. The lowest BCUT2D eigenvalue weighted by atomic mass is 10.1. The molecule has 0 saturated carbocycles. The van der Waals surface area contributed by atoms with Crippen LogP contribution in [0.15, 0.2) is 73.1 Å². The molecular formula is C27H33N3O2. The monoisotopic (exact) mass is 431 g/mol. The number of carbonyl (C=O) groups excluding carboxylic acids is 1. The Morgan fingerprint density at radius 1 is 1.00 bits per heavy atom. The average molecular weight is 432 g/mol. The molecule has 1 atom stereocenters. The molecule has 0 spiro atoms. The minimum absolute atomic E-state index is 0.0721. The predicted octanol–water partition coefficient (Wildman–Crippen LogP) is 5.38. The summed E-state index contributed by atoms with van der Waals surface area (Å²) >= 11 is 0. The maximum Gasteiger partial charge on any atom is 0.251 e. The molecule has 1 aromatic heterocycles. The third-order valence-corrected chi connectivity index (χ3v) is 5.59. The molecular weight excluding hydrogens is 398 g/mol. The Bertz CT molecular complexity index is 970. The highest BCUT2D eigenvalue weighted by molar-refractivity contribution is 5.94. The molecule has 1 N–H and O–H groups in total. The van der Waals surface area contributed by atoms with Crippen molar-refractivity contribution in [3.05, 3.63) is 95.3 Å². The van der Waals surface area contributed by atoms with Gasteiger partial charge in [0.2, 0.25) is 0 Å². The molecule has 1 unspecified atom stereocenters. The quantitative estimate of drug-likeness (QED) is 0.468. The fourth-order valence-corrected chi connectivity index (χ4v) is 3.52. The van der Waals surface area contributed by atoms with Crippen molar-refractivity contribution in [2.75, 3.05) is 6.54 Å². The summed E-state index contributed by atoms with van der Waals surface area (Å²) in [6.07, 6.45) is 3.54. The summed E-state index contributed by atoms with van der Waals surface area (Å²) in [6, 6.07) is 20.0. The summed E-state index contributed by atoms with van der Waals surface area (Å²) in [7, 11) is 0. The van der Waals surface area contributed by atoms with Gasteiger partial charge >= 0.3 is 0 Å². The van der Waals surface area contributed by atoms with E-state index < -0.39 is 0 Å². The van der Waals surface area contributed by atoms with Crippen LogP contribution in [0.5, 0.6) is 5.75 Å². The first-order valence-corrected chi connectivity index (χ1v) is 11.2. The second-order valence-corrected chi connectivity index (χ2v) is 8.27. The van der Waals surface area contributed by atoms with Gasteiger partial charge in [-0.1, -0.05) is 37.3 Å². The van der Waals surface area contributed by atoms with E-state index >= 15 is 0 Å². The number of hydrogen-bond donors (Lipinski definition) is 1. The lowest BCUT2D eigenvalue weighted by Gasteiger charge is -2.24. The number of rotatable bonds is 10. The molecule has 5 nitrogen and oxygen atoms in total. The van der Waals surface area contributed by atoms with Crippen LogP contribution in [0.25, 0.3) is 0 Å². The third-order valence-electron chi connectivity index (χ3n) is 5.59. The first-order chi connectivity index (χ1) is 15.5. The smallest absolute Gasteiger partial charge is 0.251 e. The molecule has 1 heterocycles. The summed E-state index contributed by atoms with van der Waals surface area (Å²) in [6.45, 7) is 10.9. The Balaban J connectivity index is 1.53. The van der Waals surface area contributed by atoms with E-state index in [4.69, 9.17) is 4.74 Å². The van der Waals surface area contributed by atoms with E-state index in [2.05, 4.69) is 36.0 Å². The first kappa shape index (κ1) is 23.5.